The zero-order chi connectivity index (χ0) is 13.2. The van der Waals surface area contributed by atoms with Crippen LogP contribution in [0.4, 0.5) is 0 Å². The van der Waals surface area contributed by atoms with Gasteiger partial charge < -0.3 is 10.5 Å². The maximum Gasteiger partial charge on any atom is 0.125 e. The number of halogens is 1. The molecule has 2 nitrogen and oxygen atoms in total. The maximum atomic E-state index is 6.22. The van der Waals surface area contributed by atoms with E-state index in [9.17, 15) is 0 Å². The molecule has 1 fully saturated rings. The summed E-state index contributed by atoms with van der Waals surface area (Å²) in [6.45, 7) is 2.71. The molecule has 0 aliphatic heterocycles. The molecule has 0 aromatic heterocycles. The van der Waals surface area contributed by atoms with Gasteiger partial charge in [-0.1, -0.05) is 30.9 Å². The van der Waals surface area contributed by atoms with E-state index in [0.29, 0.717) is 6.54 Å². The summed E-state index contributed by atoms with van der Waals surface area (Å²) in [4.78, 5) is 0. The lowest BCUT2D eigenvalue weighted by molar-refractivity contribution is 0.287. The number of hydrogen-bond donors (Lipinski definition) is 1. The molecule has 0 heterocycles. The summed E-state index contributed by atoms with van der Waals surface area (Å²) >= 11 is 6.22. The average Bonchev–Trinajstić information content (AvgIpc) is 2.38. The Morgan fingerprint density at radius 2 is 1.94 bits per heavy atom. The van der Waals surface area contributed by atoms with Crippen LogP contribution in [0.5, 0.6) is 5.75 Å². The van der Waals surface area contributed by atoms with Crippen molar-refractivity contribution < 1.29 is 4.74 Å². The first-order valence-electron chi connectivity index (χ1n) is 6.67. The Labute approximate surface area is 114 Å². The summed E-state index contributed by atoms with van der Waals surface area (Å²) < 4.78 is 5.60. The van der Waals surface area contributed by atoms with Gasteiger partial charge in [-0.15, -0.1) is 0 Å². The summed E-state index contributed by atoms with van der Waals surface area (Å²) in [5.41, 5.74) is 8.45. The fourth-order valence-corrected chi connectivity index (χ4v) is 3.48. The van der Waals surface area contributed by atoms with E-state index in [1.807, 2.05) is 19.1 Å². The first kappa shape index (κ1) is 13.7. The van der Waals surface area contributed by atoms with Crippen LogP contribution in [0.1, 0.15) is 43.2 Å². The Morgan fingerprint density at radius 1 is 1.28 bits per heavy atom. The molecule has 2 N–H and O–H groups in total. The maximum absolute atomic E-state index is 6.22. The number of hydrogen-bond acceptors (Lipinski definition) is 2. The van der Waals surface area contributed by atoms with E-state index in [2.05, 4.69) is 0 Å². The molecule has 0 radical (unpaired) electrons. The second-order valence-corrected chi connectivity index (χ2v) is 5.79. The Kier molecular flexibility index (Phi) is 4.18. The second kappa shape index (κ2) is 5.50. The van der Waals surface area contributed by atoms with Crippen molar-refractivity contribution in [1.82, 2.24) is 0 Å². The zero-order valence-electron chi connectivity index (χ0n) is 11.3. The molecule has 0 saturated heterocycles. The van der Waals surface area contributed by atoms with Crippen LogP contribution < -0.4 is 10.5 Å². The molecule has 0 amide bonds. The van der Waals surface area contributed by atoms with Crippen LogP contribution in [0.3, 0.4) is 0 Å². The SMILES string of the molecule is COc1c(C)cc(Cl)cc1C1(CN)CCCCC1. The van der Waals surface area contributed by atoms with E-state index in [1.165, 1.54) is 24.8 Å². The highest BCUT2D eigenvalue weighted by Gasteiger charge is 2.35. The highest BCUT2D eigenvalue weighted by molar-refractivity contribution is 6.30. The van der Waals surface area contributed by atoms with Gasteiger partial charge >= 0.3 is 0 Å². The van der Waals surface area contributed by atoms with Crippen LogP contribution in [-0.4, -0.2) is 13.7 Å². The second-order valence-electron chi connectivity index (χ2n) is 5.35. The number of nitrogens with two attached hydrogens (primary N) is 1. The lowest BCUT2D eigenvalue weighted by Crippen LogP contribution is -2.37. The van der Waals surface area contributed by atoms with Crippen LogP contribution in [0, 0.1) is 6.92 Å². The van der Waals surface area contributed by atoms with E-state index in [0.717, 1.165) is 29.2 Å². The van der Waals surface area contributed by atoms with E-state index in [4.69, 9.17) is 22.1 Å². The van der Waals surface area contributed by atoms with Crippen molar-refractivity contribution in [2.45, 2.75) is 44.4 Å². The number of methoxy groups -OCH3 is 1. The molecule has 0 unspecified atom stereocenters. The smallest absolute Gasteiger partial charge is 0.125 e. The van der Waals surface area contributed by atoms with Crippen molar-refractivity contribution in [2.75, 3.05) is 13.7 Å². The monoisotopic (exact) mass is 267 g/mol. The van der Waals surface area contributed by atoms with Crippen molar-refractivity contribution >= 4 is 11.6 Å². The van der Waals surface area contributed by atoms with Crippen LogP contribution in [-0.2, 0) is 5.41 Å². The lowest BCUT2D eigenvalue weighted by Gasteiger charge is -2.38. The first-order valence-corrected chi connectivity index (χ1v) is 7.05. The summed E-state index contributed by atoms with van der Waals surface area (Å²) in [6.07, 6.45) is 6.07. The predicted octanol–water partition coefficient (Wildman–Crippen LogP) is 3.82. The molecule has 1 saturated carbocycles. The molecule has 1 aromatic carbocycles. The number of ether oxygens (including phenoxy) is 1. The van der Waals surface area contributed by atoms with E-state index in [1.54, 1.807) is 7.11 Å². The van der Waals surface area contributed by atoms with Crippen molar-refractivity contribution in [2.24, 2.45) is 5.73 Å². The largest absolute Gasteiger partial charge is 0.496 e. The summed E-state index contributed by atoms with van der Waals surface area (Å²) in [7, 11) is 1.73. The van der Waals surface area contributed by atoms with Gasteiger partial charge in [0, 0.05) is 22.5 Å². The van der Waals surface area contributed by atoms with Crippen molar-refractivity contribution in [3.8, 4) is 5.75 Å². The van der Waals surface area contributed by atoms with Gasteiger partial charge in [0.15, 0.2) is 0 Å². The third-order valence-electron chi connectivity index (χ3n) is 4.22. The summed E-state index contributed by atoms with van der Waals surface area (Å²) in [5, 5.41) is 0.779. The molecule has 18 heavy (non-hydrogen) atoms. The molecule has 0 spiro atoms. The molecule has 0 bridgehead atoms. The zero-order valence-corrected chi connectivity index (χ0v) is 12.0. The van der Waals surface area contributed by atoms with Gasteiger partial charge in [0.25, 0.3) is 0 Å². The molecular weight excluding hydrogens is 246 g/mol. The Bertz CT molecular complexity index is 425. The molecule has 100 valence electrons. The molecular formula is C15H22ClNO. The van der Waals surface area contributed by atoms with E-state index in [-0.39, 0.29) is 5.41 Å². The van der Waals surface area contributed by atoms with Crippen LogP contribution in [0.15, 0.2) is 12.1 Å². The predicted molar refractivity (Wildman–Crippen MR) is 76.6 cm³/mol. The third kappa shape index (κ3) is 2.36. The van der Waals surface area contributed by atoms with Crippen LogP contribution in [0.2, 0.25) is 5.02 Å². The fourth-order valence-electron chi connectivity index (χ4n) is 3.21. The van der Waals surface area contributed by atoms with Crippen molar-refractivity contribution in [1.29, 1.82) is 0 Å². The van der Waals surface area contributed by atoms with Gasteiger partial charge in [0.05, 0.1) is 7.11 Å². The third-order valence-corrected chi connectivity index (χ3v) is 4.43. The van der Waals surface area contributed by atoms with Gasteiger partial charge in [-0.05, 0) is 37.5 Å². The van der Waals surface area contributed by atoms with Crippen molar-refractivity contribution in [3.05, 3.63) is 28.3 Å². The lowest BCUT2D eigenvalue weighted by atomic mass is 9.69. The Morgan fingerprint density at radius 3 is 2.50 bits per heavy atom. The van der Waals surface area contributed by atoms with Crippen LogP contribution in [0.25, 0.3) is 0 Å². The average molecular weight is 268 g/mol. The number of aryl methyl sites for hydroxylation is 1. The molecule has 0 atom stereocenters. The minimum atomic E-state index is 0.0548. The van der Waals surface area contributed by atoms with Crippen molar-refractivity contribution in [3.63, 3.8) is 0 Å². The van der Waals surface area contributed by atoms with E-state index >= 15 is 0 Å². The van der Waals surface area contributed by atoms with Crippen LogP contribution >= 0.6 is 11.6 Å². The Hall–Kier alpha value is -0.730. The quantitative estimate of drug-likeness (QED) is 0.904. The molecule has 1 aliphatic rings. The Balaban J connectivity index is 2.53. The molecule has 1 aromatic rings. The number of benzene rings is 1. The fraction of sp³-hybridized carbons (Fsp3) is 0.600. The van der Waals surface area contributed by atoms with Gasteiger partial charge in [-0.25, -0.2) is 0 Å². The normalized spacial score (nSPS) is 18.7. The summed E-state index contributed by atoms with van der Waals surface area (Å²) in [6, 6.07) is 4.00. The number of rotatable bonds is 3. The van der Waals surface area contributed by atoms with Gasteiger partial charge in [0.1, 0.15) is 5.75 Å². The molecule has 3 heteroatoms. The molecule has 2 rings (SSSR count). The van der Waals surface area contributed by atoms with Gasteiger partial charge in [-0.3, -0.25) is 0 Å². The van der Waals surface area contributed by atoms with Gasteiger partial charge in [-0.2, -0.15) is 0 Å². The minimum absolute atomic E-state index is 0.0548. The molecule has 1 aliphatic carbocycles. The standard InChI is InChI=1S/C15H22ClNO/c1-11-8-12(16)9-13(14(11)18-2)15(10-17)6-4-3-5-7-15/h8-9H,3-7,10,17H2,1-2H3. The van der Waals surface area contributed by atoms with Gasteiger partial charge in [0.2, 0.25) is 0 Å². The first-order chi connectivity index (χ1) is 8.63. The highest BCUT2D eigenvalue weighted by atomic mass is 35.5. The topological polar surface area (TPSA) is 35.2 Å². The highest BCUT2D eigenvalue weighted by Crippen LogP contribution is 2.44. The minimum Gasteiger partial charge on any atom is -0.496 e. The van der Waals surface area contributed by atoms with E-state index < -0.39 is 0 Å². The summed E-state index contributed by atoms with van der Waals surface area (Å²) in [5.74, 6) is 0.965.